The smallest absolute Gasteiger partial charge is 0.242 e. The highest BCUT2D eigenvalue weighted by Crippen LogP contribution is 2.16. The number of rotatable bonds is 6. The van der Waals surface area contributed by atoms with E-state index in [1.807, 2.05) is 53.4 Å². The number of hydrogen-bond donors (Lipinski definition) is 1. The van der Waals surface area contributed by atoms with Crippen LogP contribution in [0.5, 0.6) is 0 Å². The summed E-state index contributed by atoms with van der Waals surface area (Å²) in [5, 5.41) is 11.5. The molecule has 32 heavy (non-hydrogen) atoms. The maximum Gasteiger partial charge on any atom is 0.242 e. The maximum absolute atomic E-state index is 12.5. The Morgan fingerprint density at radius 1 is 0.812 bits per heavy atom. The van der Waals surface area contributed by atoms with Crippen LogP contribution in [-0.4, -0.2) is 64.1 Å². The van der Waals surface area contributed by atoms with Crippen LogP contribution in [0.15, 0.2) is 72.8 Å². The average Bonchev–Trinajstić information content (AvgIpc) is 2.80. The summed E-state index contributed by atoms with van der Waals surface area (Å²) in [6.45, 7) is 4.47. The molecule has 1 aliphatic heterocycles. The van der Waals surface area contributed by atoms with E-state index >= 15 is 0 Å². The number of piperazine rings is 1. The fraction of sp³-hybridized carbons (Fsp3) is 0.261. The maximum atomic E-state index is 12.5. The molecule has 1 fully saturated rings. The van der Waals surface area contributed by atoms with Crippen molar-refractivity contribution in [2.24, 2.45) is 0 Å². The predicted octanol–water partition coefficient (Wildman–Crippen LogP) is 2.92. The molecule has 1 aliphatic rings. The number of benzene rings is 2. The zero-order chi connectivity index (χ0) is 19.9. The molecule has 0 saturated carbocycles. The number of carbonyl (C=O) groups excluding carboxylic acids is 1. The molecular weight excluding hydrogens is 449 g/mol. The summed E-state index contributed by atoms with van der Waals surface area (Å²) in [7, 11) is 0. The van der Waals surface area contributed by atoms with E-state index in [-0.39, 0.29) is 42.7 Å². The van der Waals surface area contributed by atoms with E-state index in [0.29, 0.717) is 5.82 Å². The lowest BCUT2D eigenvalue weighted by molar-refractivity contribution is -0.131. The van der Waals surface area contributed by atoms with Crippen LogP contribution in [0.4, 0.5) is 5.82 Å². The monoisotopic (exact) mass is 477 g/mol. The van der Waals surface area contributed by atoms with Gasteiger partial charge in [0.2, 0.25) is 5.91 Å². The number of halogens is 2. The third-order valence-electron chi connectivity index (χ3n) is 5.13. The van der Waals surface area contributed by atoms with E-state index in [1.54, 1.807) is 0 Å². The van der Waals surface area contributed by atoms with Crippen molar-refractivity contribution in [3.63, 3.8) is 0 Å². The van der Waals surface area contributed by atoms with E-state index in [9.17, 15) is 4.79 Å². The van der Waals surface area contributed by atoms with Crippen molar-refractivity contribution in [1.82, 2.24) is 20.0 Å². The molecular formula is C23H29Cl2N5O2. The first kappa shape index (κ1) is 27.3. The molecule has 7 nitrogen and oxygen atoms in total. The number of hydrogen-bond acceptors (Lipinski definition) is 5. The predicted molar refractivity (Wildman–Crippen MR) is 132 cm³/mol. The fourth-order valence-electron chi connectivity index (χ4n) is 3.46. The van der Waals surface area contributed by atoms with Crippen LogP contribution >= 0.6 is 24.8 Å². The van der Waals surface area contributed by atoms with Crippen LogP contribution in [-0.2, 0) is 11.3 Å². The second-order valence-corrected chi connectivity index (χ2v) is 7.17. The first-order valence-electron chi connectivity index (χ1n) is 9.95. The van der Waals surface area contributed by atoms with Gasteiger partial charge in [0.25, 0.3) is 0 Å². The summed E-state index contributed by atoms with van der Waals surface area (Å²) >= 11 is 0. The number of aromatic nitrogens is 2. The molecule has 4 rings (SSSR count). The normalized spacial score (nSPS) is 13.2. The standard InChI is InChI=1S/C23H25N5O.2ClH.H2O/c29-23(28-15-13-27(14-16-28)18-19-7-3-1-4-8-19)17-24-22-12-11-21(25-26-22)20-9-5-2-6-10-20;;;/h1-12H,13-18H2,(H,24,26);2*1H;1H2. The number of anilines is 1. The summed E-state index contributed by atoms with van der Waals surface area (Å²) in [4.78, 5) is 16.8. The Hall–Kier alpha value is -2.71. The molecule has 0 radical (unpaired) electrons. The van der Waals surface area contributed by atoms with Gasteiger partial charge in [0.15, 0.2) is 0 Å². The lowest BCUT2D eigenvalue weighted by atomic mass is 10.1. The van der Waals surface area contributed by atoms with E-state index < -0.39 is 0 Å². The molecule has 1 amide bonds. The van der Waals surface area contributed by atoms with E-state index in [4.69, 9.17) is 0 Å². The van der Waals surface area contributed by atoms with Gasteiger partial charge in [-0.15, -0.1) is 35.0 Å². The Kier molecular flexibility index (Phi) is 11.7. The van der Waals surface area contributed by atoms with Crippen molar-refractivity contribution in [1.29, 1.82) is 0 Å². The van der Waals surface area contributed by atoms with Crippen LogP contribution < -0.4 is 5.32 Å². The van der Waals surface area contributed by atoms with Gasteiger partial charge in [-0.2, -0.15) is 0 Å². The quantitative estimate of drug-likeness (QED) is 0.588. The lowest BCUT2D eigenvalue weighted by Gasteiger charge is -2.34. The second-order valence-electron chi connectivity index (χ2n) is 7.17. The number of amides is 1. The SMILES string of the molecule is Cl.Cl.O.O=C(CNc1ccc(-c2ccccc2)nn1)N1CCN(Cc2ccccc2)CC1. The van der Waals surface area contributed by atoms with E-state index in [1.165, 1.54) is 5.56 Å². The largest absolute Gasteiger partial charge is 0.412 e. The second kappa shape index (κ2) is 13.6. The van der Waals surface area contributed by atoms with Gasteiger partial charge in [0.1, 0.15) is 5.82 Å². The molecule has 2 aromatic carbocycles. The molecule has 0 unspecified atom stereocenters. The first-order chi connectivity index (χ1) is 14.3. The van der Waals surface area contributed by atoms with E-state index in [0.717, 1.165) is 44.0 Å². The summed E-state index contributed by atoms with van der Waals surface area (Å²) in [6.07, 6.45) is 0. The number of nitrogens with one attached hydrogen (secondary N) is 1. The van der Waals surface area contributed by atoms with Gasteiger partial charge in [-0.25, -0.2) is 0 Å². The minimum absolute atomic E-state index is 0. The van der Waals surface area contributed by atoms with Crippen molar-refractivity contribution >= 4 is 36.5 Å². The van der Waals surface area contributed by atoms with Crippen molar-refractivity contribution in [3.8, 4) is 11.3 Å². The summed E-state index contributed by atoms with van der Waals surface area (Å²) in [5.74, 6) is 0.707. The molecule has 0 atom stereocenters. The minimum Gasteiger partial charge on any atom is -0.412 e. The molecule has 1 saturated heterocycles. The third-order valence-corrected chi connectivity index (χ3v) is 5.13. The van der Waals surface area contributed by atoms with Crippen LogP contribution in [0.25, 0.3) is 11.3 Å². The molecule has 3 N–H and O–H groups in total. The van der Waals surface area contributed by atoms with Gasteiger partial charge in [0, 0.05) is 38.3 Å². The Bertz CT molecular complexity index is 922. The van der Waals surface area contributed by atoms with Crippen LogP contribution in [0.2, 0.25) is 0 Å². The van der Waals surface area contributed by atoms with Gasteiger partial charge in [-0.05, 0) is 17.7 Å². The van der Waals surface area contributed by atoms with Crippen molar-refractivity contribution in [2.75, 3.05) is 38.0 Å². The van der Waals surface area contributed by atoms with Gasteiger partial charge >= 0.3 is 0 Å². The zero-order valence-electron chi connectivity index (χ0n) is 17.7. The average molecular weight is 478 g/mol. The molecule has 9 heteroatoms. The number of nitrogens with zero attached hydrogens (tertiary/aromatic N) is 4. The fourth-order valence-corrected chi connectivity index (χ4v) is 3.46. The van der Waals surface area contributed by atoms with Crippen LogP contribution in [0.1, 0.15) is 5.56 Å². The van der Waals surface area contributed by atoms with Crippen LogP contribution in [0.3, 0.4) is 0 Å². The van der Waals surface area contributed by atoms with Crippen LogP contribution in [0, 0.1) is 0 Å². The molecule has 1 aromatic heterocycles. The Balaban J connectivity index is 0.00000171. The molecule has 0 bridgehead atoms. The highest BCUT2D eigenvalue weighted by molar-refractivity contribution is 5.85. The van der Waals surface area contributed by atoms with Gasteiger partial charge in [-0.1, -0.05) is 60.7 Å². The molecule has 0 spiro atoms. The summed E-state index contributed by atoms with van der Waals surface area (Å²) in [6, 6.07) is 24.1. The van der Waals surface area contributed by atoms with Gasteiger partial charge in [-0.3, -0.25) is 9.69 Å². The highest BCUT2D eigenvalue weighted by atomic mass is 35.5. The van der Waals surface area contributed by atoms with Gasteiger partial charge in [0.05, 0.1) is 12.2 Å². The lowest BCUT2D eigenvalue weighted by Crippen LogP contribution is -2.49. The minimum atomic E-state index is 0. The van der Waals surface area contributed by atoms with Crippen molar-refractivity contribution in [3.05, 3.63) is 78.4 Å². The molecule has 0 aliphatic carbocycles. The number of carbonyl (C=O) groups is 1. The first-order valence-corrected chi connectivity index (χ1v) is 9.95. The Labute approximate surface area is 201 Å². The summed E-state index contributed by atoms with van der Waals surface area (Å²) in [5.41, 5.74) is 3.15. The van der Waals surface area contributed by atoms with E-state index in [2.05, 4.69) is 44.7 Å². The highest BCUT2D eigenvalue weighted by Gasteiger charge is 2.20. The Morgan fingerprint density at radius 2 is 1.44 bits per heavy atom. The topological polar surface area (TPSA) is 92.9 Å². The van der Waals surface area contributed by atoms with Crippen molar-refractivity contribution in [2.45, 2.75) is 6.54 Å². The van der Waals surface area contributed by atoms with Gasteiger partial charge < -0.3 is 15.7 Å². The Morgan fingerprint density at radius 3 is 2.03 bits per heavy atom. The zero-order valence-corrected chi connectivity index (χ0v) is 19.3. The van der Waals surface area contributed by atoms with Crippen molar-refractivity contribution < 1.29 is 10.3 Å². The molecule has 3 aromatic rings. The third kappa shape index (κ3) is 7.46. The molecule has 2 heterocycles. The summed E-state index contributed by atoms with van der Waals surface area (Å²) < 4.78 is 0. The molecule has 172 valence electrons.